The maximum absolute atomic E-state index is 12.6. The number of ether oxygens (including phenoxy) is 2. The standard InChI is InChI=1S/C22H36N2O3/c1-5-6-14-22(3,26-4)21(25)23-19-10-12-20(13-11-19)27-17-16-24-15-8-7-9-18(24)2/h10-13,18H,5-9,14-17H2,1-4H3,(H,23,25)/t18-,22+/m1/s1. The fraction of sp³-hybridized carbons (Fsp3) is 0.682. The Morgan fingerprint density at radius 3 is 2.67 bits per heavy atom. The molecule has 1 N–H and O–H groups in total. The van der Waals surface area contributed by atoms with E-state index in [1.165, 1.54) is 25.8 Å². The molecular formula is C22H36N2O3. The number of hydrogen-bond acceptors (Lipinski definition) is 4. The zero-order valence-electron chi connectivity index (χ0n) is 17.4. The van der Waals surface area contributed by atoms with Gasteiger partial charge in [0.05, 0.1) is 0 Å². The van der Waals surface area contributed by atoms with E-state index in [0.717, 1.165) is 30.8 Å². The number of hydrogen-bond donors (Lipinski definition) is 1. The molecule has 152 valence electrons. The molecule has 1 aliphatic heterocycles. The van der Waals surface area contributed by atoms with E-state index in [4.69, 9.17) is 9.47 Å². The molecule has 1 heterocycles. The molecule has 0 saturated carbocycles. The lowest BCUT2D eigenvalue weighted by Crippen LogP contribution is -2.41. The third-order valence-corrected chi connectivity index (χ3v) is 5.64. The van der Waals surface area contributed by atoms with Crippen LogP contribution in [0.5, 0.6) is 5.75 Å². The Morgan fingerprint density at radius 1 is 1.30 bits per heavy atom. The van der Waals surface area contributed by atoms with Crippen LogP contribution in [0.2, 0.25) is 0 Å². The first kappa shape index (κ1) is 21.7. The van der Waals surface area contributed by atoms with Gasteiger partial charge in [-0.25, -0.2) is 0 Å². The molecule has 5 heteroatoms. The quantitative estimate of drug-likeness (QED) is 0.654. The highest BCUT2D eigenvalue weighted by molar-refractivity contribution is 5.97. The molecule has 1 aromatic rings. The number of rotatable bonds is 10. The summed E-state index contributed by atoms with van der Waals surface area (Å²) in [7, 11) is 1.59. The second-order valence-electron chi connectivity index (χ2n) is 7.75. The minimum absolute atomic E-state index is 0.105. The van der Waals surface area contributed by atoms with Crippen LogP contribution in [0.25, 0.3) is 0 Å². The Labute approximate surface area is 164 Å². The first-order valence-corrected chi connectivity index (χ1v) is 10.3. The largest absolute Gasteiger partial charge is 0.492 e. The summed E-state index contributed by atoms with van der Waals surface area (Å²) >= 11 is 0. The second kappa shape index (κ2) is 10.7. The number of methoxy groups -OCH3 is 1. The van der Waals surface area contributed by atoms with Gasteiger partial charge >= 0.3 is 0 Å². The number of anilines is 1. The topological polar surface area (TPSA) is 50.8 Å². The minimum atomic E-state index is -0.795. The van der Waals surface area contributed by atoms with E-state index in [0.29, 0.717) is 19.1 Å². The van der Waals surface area contributed by atoms with Crippen molar-refractivity contribution in [3.63, 3.8) is 0 Å². The Balaban J connectivity index is 1.81. The van der Waals surface area contributed by atoms with E-state index >= 15 is 0 Å². The zero-order chi connectivity index (χ0) is 19.7. The van der Waals surface area contributed by atoms with E-state index in [2.05, 4.69) is 24.1 Å². The molecule has 0 radical (unpaired) electrons. The Morgan fingerprint density at radius 2 is 2.04 bits per heavy atom. The van der Waals surface area contributed by atoms with Crippen molar-refractivity contribution in [3.05, 3.63) is 24.3 Å². The fourth-order valence-corrected chi connectivity index (χ4v) is 3.49. The molecule has 5 nitrogen and oxygen atoms in total. The molecule has 2 rings (SSSR count). The Hall–Kier alpha value is -1.59. The average molecular weight is 377 g/mol. The number of likely N-dealkylation sites (tertiary alicyclic amines) is 1. The number of amides is 1. The molecule has 0 aliphatic carbocycles. The smallest absolute Gasteiger partial charge is 0.256 e. The van der Waals surface area contributed by atoms with Crippen molar-refractivity contribution in [1.82, 2.24) is 4.90 Å². The van der Waals surface area contributed by atoms with Gasteiger partial charge in [-0.2, -0.15) is 0 Å². The zero-order valence-corrected chi connectivity index (χ0v) is 17.4. The second-order valence-corrected chi connectivity index (χ2v) is 7.75. The van der Waals surface area contributed by atoms with E-state index in [-0.39, 0.29) is 5.91 Å². The summed E-state index contributed by atoms with van der Waals surface area (Å²) in [6.45, 7) is 9.07. The van der Waals surface area contributed by atoms with Crippen molar-refractivity contribution in [3.8, 4) is 5.75 Å². The molecule has 27 heavy (non-hydrogen) atoms. The van der Waals surface area contributed by atoms with Crippen LogP contribution in [0.4, 0.5) is 5.69 Å². The van der Waals surface area contributed by atoms with E-state index in [1.54, 1.807) is 7.11 Å². The SMILES string of the molecule is CCCC[C@](C)(OC)C(=O)Nc1ccc(OCCN2CCCC[C@H]2C)cc1. The minimum Gasteiger partial charge on any atom is -0.492 e. The van der Waals surface area contributed by atoms with Crippen LogP contribution in [0.1, 0.15) is 59.3 Å². The number of benzene rings is 1. The van der Waals surface area contributed by atoms with Crippen LogP contribution in [-0.4, -0.2) is 49.3 Å². The molecule has 1 saturated heterocycles. The van der Waals surface area contributed by atoms with Gasteiger partial charge < -0.3 is 14.8 Å². The third-order valence-electron chi connectivity index (χ3n) is 5.64. The van der Waals surface area contributed by atoms with Crippen molar-refractivity contribution in [2.75, 3.05) is 32.1 Å². The van der Waals surface area contributed by atoms with Crippen molar-refractivity contribution in [2.24, 2.45) is 0 Å². The molecule has 1 aromatic carbocycles. The van der Waals surface area contributed by atoms with Gasteiger partial charge in [0.2, 0.25) is 0 Å². The first-order valence-electron chi connectivity index (χ1n) is 10.3. The summed E-state index contributed by atoms with van der Waals surface area (Å²) < 4.78 is 11.4. The van der Waals surface area contributed by atoms with Crippen LogP contribution >= 0.6 is 0 Å². The molecule has 0 spiro atoms. The van der Waals surface area contributed by atoms with Crippen LogP contribution in [-0.2, 0) is 9.53 Å². The summed E-state index contributed by atoms with van der Waals surface area (Å²) in [6, 6.07) is 8.23. The van der Waals surface area contributed by atoms with Crippen molar-refractivity contribution in [2.45, 2.75) is 70.9 Å². The molecule has 0 aromatic heterocycles. The lowest BCUT2D eigenvalue weighted by Gasteiger charge is -2.33. The molecule has 1 aliphatic rings. The van der Waals surface area contributed by atoms with Gasteiger partial charge in [-0.15, -0.1) is 0 Å². The number of carbonyl (C=O) groups excluding carboxylic acids is 1. The molecule has 0 bridgehead atoms. The summed E-state index contributed by atoms with van der Waals surface area (Å²) in [5.41, 5.74) is -0.0344. The normalized spacial score (nSPS) is 20.1. The first-order chi connectivity index (χ1) is 13.0. The van der Waals surface area contributed by atoms with Gasteiger partial charge in [-0.05, 0) is 63.9 Å². The van der Waals surface area contributed by atoms with Gasteiger partial charge in [0.25, 0.3) is 5.91 Å². The number of piperidine rings is 1. The lowest BCUT2D eigenvalue weighted by molar-refractivity contribution is -0.136. The predicted molar refractivity (Wildman–Crippen MR) is 110 cm³/mol. The number of unbranched alkanes of at least 4 members (excludes halogenated alkanes) is 1. The van der Waals surface area contributed by atoms with Gasteiger partial charge in [-0.3, -0.25) is 9.69 Å². The highest BCUT2D eigenvalue weighted by atomic mass is 16.5. The Bertz CT molecular complexity index is 575. The third kappa shape index (κ3) is 6.51. The van der Waals surface area contributed by atoms with Crippen LogP contribution in [0.3, 0.4) is 0 Å². The number of nitrogens with zero attached hydrogens (tertiary/aromatic N) is 1. The van der Waals surface area contributed by atoms with Crippen molar-refractivity contribution in [1.29, 1.82) is 0 Å². The maximum Gasteiger partial charge on any atom is 0.256 e. The fourth-order valence-electron chi connectivity index (χ4n) is 3.49. The number of carbonyl (C=O) groups is 1. The molecule has 1 amide bonds. The highest BCUT2D eigenvalue weighted by Crippen LogP contribution is 2.22. The van der Waals surface area contributed by atoms with Gasteiger partial charge in [0.15, 0.2) is 0 Å². The van der Waals surface area contributed by atoms with Crippen LogP contribution < -0.4 is 10.1 Å². The summed E-state index contributed by atoms with van der Waals surface area (Å²) in [5.74, 6) is 0.726. The van der Waals surface area contributed by atoms with Gasteiger partial charge in [0, 0.05) is 25.4 Å². The van der Waals surface area contributed by atoms with Crippen LogP contribution in [0.15, 0.2) is 24.3 Å². The Kier molecular flexibility index (Phi) is 8.58. The lowest BCUT2D eigenvalue weighted by atomic mass is 9.97. The molecule has 1 fully saturated rings. The van der Waals surface area contributed by atoms with Crippen molar-refractivity contribution < 1.29 is 14.3 Å². The van der Waals surface area contributed by atoms with Crippen molar-refractivity contribution >= 4 is 11.6 Å². The van der Waals surface area contributed by atoms with E-state index in [1.807, 2.05) is 31.2 Å². The van der Waals surface area contributed by atoms with Gasteiger partial charge in [-0.1, -0.05) is 26.2 Å². The average Bonchev–Trinajstić information content (AvgIpc) is 2.69. The monoisotopic (exact) mass is 376 g/mol. The summed E-state index contributed by atoms with van der Waals surface area (Å²) in [4.78, 5) is 15.1. The molecule has 2 atom stereocenters. The van der Waals surface area contributed by atoms with Crippen LogP contribution in [0, 0.1) is 0 Å². The predicted octanol–water partition coefficient (Wildman–Crippen LogP) is 4.47. The van der Waals surface area contributed by atoms with Gasteiger partial charge in [0.1, 0.15) is 18.0 Å². The molecular weight excluding hydrogens is 340 g/mol. The highest BCUT2D eigenvalue weighted by Gasteiger charge is 2.32. The summed E-state index contributed by atoms with van der Waals surface area (Å²) in [5, 5.41) is 2.96. The van der Waals surface area contributed by atoms with E-state index in [9.17, 15) is 4.79 Å². The molecule has 0 unspecified atom stereocenters. The van der Waals surface area contributed by atoms with E-state index < -0.39 is 5.60 Å². The maximum atomic E-state index is 12.6. The summed E-state index contributed by atoms with van der Waals surface area (Å²) in [6.07, 6.45) is 6.62. The number of nitrogens with one attached hydrogen (secondary N) is 1.